The van der Waals surface area contributed by atoms with Gasteiger partial charge in [-0.15, -0.1) is 0 Å². The maximum atomic E-state index is 11.0. The smallest absolute Gasteiger partial charge is 0.248 e. The summed E-state index contributed by atoms with van der Waals surface area (Å²) < 4.78 is 5.84. The number of hydrogen-bond donors (Lipinski definition) is 2. The lowest BCUT2D eigenvalue weighted by atomic mass is 10.0. The zero-order valence-corrected chi connectivity index (χ0v) is 11.4. The molecule has 0 fully saturated rings. The van der Waals surface area contributed by atoms with E-state index in [9.17, 15) is 4.79 Å². The average Bonchev–Trinajstić information content (AvgIpc) is 2.47. The van der Waals surface area contributed by atoms with E-state index in [2.05, 4.69) is 0 Å². The number of ether oxygens (including phenoxy) is 1. The highest BCUT2D eigenvalue weighted by molar-refractivity contribution is 5.92. The third kappa shape index (κ3) is 3.16. The van der Waals surface area contributed by atoms with Gasteiger partial charge in [-0.3, -0.25) is 4.79 Å². The van der Waals surface area contributed by atoms with Gasteiger partial charge in [0.05, 0.1) is 0 Å². The monoisotopic (exact) mass is 270 g/mol. The predicted octanol–water partition coefficient (Wildman–Crippen LogP) is 2.99. The fraction of sp³-hybridized carbons (Fsp3) is 0.188. The van der Waals surface area contributed by atoms with Crippen LogP contribution in [0.25, 0.3) is 0 Å². The zero-order chi connectivity index (χ0) is 14.5. The molecule has 2 aromatic carbocycles. The molecule has 0 saturated heterocycles. The Balaban J connectivity index is 2.23. The van der Waals surface area contributed by atoms with Crippen molar-refractivity contribution in [3.05, 3.63) is 59.7 Å². The number of rotatable bonds is 5. The van der Waals surface area contributed by atoms with E-state index in [1.54, 1.807) is 24.3 Å². The minimum Gasteiger partial charge on any atom is -0.457 e. The number of benzene rings is 2. The summed E-state index contributed by atoms with van der Waals surface area (Å²) in [7, 11) is 0. The molecule has 0 saturated carbocycles. The lowest BCUT2D eigenvalue weighted by Crippen LogP contribution is -2.10. The molecule has 0 aliphatic carbocycles. The number of carbonyl (C=O) groups is 1. The summed E-state index contributed by atoms with van der Waals surface area (Å²) in [5, 5.41) is 0. The number of nitrogens with two attached hydrogens (primary N) is 2. The van der Waals surface area contributed by atoms with Gasteiger partial charge in [0.2, 0.25) is 5.91 Å². The topological polar surface area (TPSA) is 78.3 Å². The van der Waals surface area contributed by atoms with Crippen LogP contribution in [0.2, 0.25) is 0 Å². The summed E-state index contributed by atoms with van der Waals surface area (Å²) in [6.45, 7) is 2.03. The van der Waals surface area contributed by atoms with E-state index < -0.39 is 5.91 Å². The van der Waals surface area contributed by atoms with Crippen molar-refractivity contribution in [2.45, 2.75) is 19.4 Å². The van der Waals surface area contributed by atoms with Crippen LogP contribution in [0.3, 0.4) is 0 Å². The Morgan fingerprint density at radius 1 is 1.15 bits per heavy atom. The molecule has 2 aromatic rings. The van der Waals surface area contributed by atoms with Gasteiger partial charge in [0.25, 0.3) is 0 Å². The molecular weight excluding hydrogens is 252 g/mol. The van der Waals surface area contributed by atoms with Crippen LogP contribution in [0, 0.1) is 0 Å². The second-order valence-corrected chi connectivity index (χ2v) is 4.54. The quantitative estimate of drug-likeness (QED) is 0.876. The van der Waals surface area contributed by atoms with Crippen LogP contribution >= 0.6 is 0 Å². The molecule has 20 heavy (non-hydrogen) atoms. The molecule has 1 amide bonds. The van der Waals surface area contributed by atoms with Crippen molar-refractivity contribution >= 4 is 5.91 Å². The van der Waals surface area contributed by atoms with Gasteiger partial charge in [-0.1, -0.05) is 25.1 Å². The minimum atomic E-state index is -0.454. The van der Waals surface area contributed by atoms with Gasteiger partial charge in [0.1, 0.15) is 11.5 Å². The van der Waals surface area contributed by atoms with Crippen molar-refractivity contribution in [1.82, 2.24) is 0 Å². The Morgan fingerprint density at radius 2 is 1.80 bits per heavy atom. The second kappa shape index (κ2) is 6.21. The van der Waals surface area contributed by atoms with E-state index in [0.717, 1.165) is 17.7 Å². The molecule has 0 aromatic heterocycles. The number of hydrogen-bond acceptors (Lipinski definition) is 3. The van der Waals surface area contributed by atoms with Crippen LogP contribution in [-0.4, -0.2) is 5.91 Å². The first-order valence-electron chi connectivity index (χ1n) is 6.54. The number of para-hydroxylation sites is 1. The van der Waals surface area contributed by atoms with Gasteiger partial charge >= 0.3 is 0 Å². The molecule has 0 radical (unpaired) electrons. The third-order valence-corrected chi connectivity index (χ3v) is 3.12. The molecule has 0 spiro atoms. The lowest BCUT2D eigenvalue weighted by Gasteiger charge is -2.15. The summed E-state index contributed by atoms with van der Waals surface area (Å²) in [6, 6.07) is 14.3. The molecule has 4 N–H and O–H groups in total. The van der Waals surface area contributed by atoms with Crippen LogP contribution in [-0.2, 0) is 0 Å². The Morgan fingerprint density at radius 3 is 2.40 bits per heavy atom. The third-order valence-electron chi connectivity index (χ3n) is 3.12. The molecule has 104 valence electrons. The molecule has 0 unspecified atom stereocenters. The van der Waals surface area contributed by atoms with Crippen LogP contribution in [0.15, 0.2) is 48.5 Å². The van der Waals surface area contributed by atoms with Crippen molar-refractivity contribution in [2.24, 2.45) is 11.5 Å². The Labute approximate surface area is 118 Å². The Kier molecular flexibility index (Phi) is 4.38. The molecule has 0 bridgehead atoms. The second-order valence-electron chi connectivity index (χ2n) is 4.54. The van der Waals surface area contributed by atoms with Crippen molar-refractivity contribution in [1.29, 1.82) is 0 Å². The standard InChI is InChI=1S/C16H18N2O2/c1-2-14(17)13-5-3-4-6-15(13)20-12-9-7-11(8-10-12)16(18)19/h3-10,14H,2,17H2,1H3,(H2,18,19)/t14-/m1/s1. The van der Waals surface area contributed by atoms with Crippen LogP contribution in [0.4, 0.5) is 0 Å². The molecule has 4 nitrogen and oxygen atoms in total. The molecule has 0 aliphatic heterocycles. The van der Waals surface area contributed by atoms with Gasteiger partial charge < -0.3 is 16.2 Å². The molecule has 1 atom stereocenters. The van der Waals surface area contributed by atoms with Crippen molar-refractivity contribution in [3.63, 3.8) is 0 Å². The van der Waals surface area contributed by atoms with Crippen LogP contribution in [0.5, 0.6) is 11.5 Å². The first-order chi connectivity index (χ1) is 9.61. The highest BCUT2D eigenvalue weighted by Crippen LogP contribution is 2.29. The van der Waals surface area contributed by atoms with E-state index in [1.807, 2.05) is 31.2 Å². The van der Waals surface area contributed by atoms with Gasteiger partial charge in [-0.05, 0) is 36.8 Å². The summed E-state index contributed by atoms with van der Waals surface area (Å²) in [5.41, 5.74) is 12.7. The fourth-order valence-electron chi connectivity index (χ4n) is 1.91. The predicted molar refractivity (Wildman–Crippen MR) is 78.7 cm³/mol. The maximum Gasteiger partial charge on any atom is 0.248 e. The van der Waals surface area contributed by atoms with Gasteiger partial charge in [0.15, 0.2) is 0 Å². The lowest BCUT2D eigenvalue weighted by molar-refractivity contribution is 0.100. The molecule has 0 heterocycles. The Hall–Kier alpha value is -2.33. The fourth-order valence-corrected chi connectivity index (χ4v) is 1.91. The van der Waals surface area contributed by atoms with E-state index >= 15 is 0 Å². The first-order valence-corrected chi connectivity index (χ1v) is 6.54. The summed E-state index contributed by atoms with van der Waals surface area (Å²) in [4.78, 5) is 11.0. The van der Waals surface area contributed by atoms with Gasteiger partial charge in [0, 0.05) is 17.2 Å². The molecule has 0 aliphatic rings. The van der Waals surface area contributed by atoms with Crippen LogP contribution in [0.1, 0.15) is 35.3 Å². The van der Waals surface area contributed by atoms with Gasteiger partial charge in [-0.2, -0.15) is 0 Å². The van der Waals surface area contributed by atoms with Crippen molar-refractivity contribution in [2.75, 3.05) is 0 Å². The van der Waals surface area contributed by atoms with E-state index in [0.29, 0.717) is 11.3 Å². The zero-order valence-electron chi connectivity index (χ0n) is 11.4. The average molecular weight is 270 g/mol. The summed E-state index contributed by atoms with van der Waals surface area (Å²) >= 11 is 0. The number of amides is 1. The molecular formula is C16H18N2O2. The van der Waals surface area contributed by atoms with Crippen LogP contribution < -0.4 is 16.2 Å². The van der Waals surface area contributed by atoms with Crippen molar-refractivity contribution in [3.8, 4) is 11.5 Å². The SMILES string of the molecule is CC[C@@H](N)c1ccccc1Oc1ccc(C(N)=O)cc1. The highest BCUT2D eigenvalue weighted by Gasteiger charge is 2.10. The summed E-state index contributed by atoms with van der Waals surface area (Å²) in [6.07, 6.45) is 0.834. The number of carbonyl (C=O) groups excluding carboxylic acids is 1. The minimum absolute atomic E-state index is 0.0592. The highest BCUT2D eigenvalue weighted by atomic mass is 16.5. The summed E-state index contributed by atoms with van der Waals surface area (Å²) in [5.74, 6) is 0.921. The van der Waals surface area contributed by atoms with E-state index in [1.165, 1.54) is 0 Å². The maximum absolute atomic E-state index is 11.0. The van der Waals surface area contributed by atoms with Crippen molar-refractivity contribution < 1.29 is 9.53 Å². The first kappa shape index (κ1) is 14.1. The normalized spacial score (nSPS) is 11.9. The largest absolute Gasteiger partial charge is 0.457 e. The number of primary amides is 1. The molecule has 4 heteroatoms. The van der Waals surface area contributed by atoms with Gasteiger partial charge in [-0.25, -0.2) is 0 Å². The molecule has 2 rings (SSSR count). The Bertz CT molecular complexity index is 594. The van der Waals surface area contributed by atoms with E-state index in [4.69, 9.17) is 16.2 Å². The van der Waals surface area contributed by atoms with E-state index in [-0.39, 0.29) is 6.04 Å².